The molecule has 0 spiro atoms. The predicted molar refractivity (Wildman–Crippen MR) is 75.2 cm³/mol. The number of allylic oxidation sites excluding steroid dienone is 4. The van der Waals surface area contributed by atoms with Crippen LogP contribution in [0.25, 0.3) is 0 Å². The fourth-order valence-electron chi connectivity index (χ4n) is 3.15. The van der Waals surface area contributed by atoms with Crippen LogP contribution < -0.4 is 0 Å². The van der Waals surface area contributed by atoms with Crippen LogP contribution in [0, 0.1) is 28.1 Å². The number of carbonyl (C=O) groups excluding carboxylic acids is 1. The number of likely N-dealkylation sites (tertiary alicyclic amines) is 1. The Labute approximate surface area is 120 Å². The average molecular weight is 269 g/mol. The summed E-state index contributed by atoms with van der Waals surface area (Å²) in [5.74, 6) is 0. The molecule has 0 aromatic carbocycles. The first-order chi connectivity index (χ1) is 9.52. The van der Waals surface area contributed by atoms with Gasteiger partial charge in [0.2, 0.25) is 0 Å². The topological polar surface area (TPSA) is 67.9 Å². The van der Waals surface area contributed by atoms with E-state index in [1.54, 1.807) is 0 Å². The summed E-state index contributed by atoms with van der Waals surface area (Å²) in [6, 6.07) is 3.88. The van der Waals surface area contributed by atoms with Crippen LogP contribution >= 0.6 is 0 Å². The van der Waals surface area contributed by atoms with Gasteiger partial charge in [-0.3, -0.25) is 4.79 Å². The Kier molecular flexibility index (Phi) is 3.95. The maximum atomic E-state index is 11.5. The summed E-state index contributed by atoms with van der Waals surface area (Å²) in [4.78, 5) is 13.8. The largest absolute Gasteiger partial charge is 0.374 e. The van der Waals surface area contributed by atoms with E-state index in [-0.39, 0.29) is 11.0 Å². The molecule has 1 fully saturated rings. The highest BCUT2D eigenvalue weighted by Gasteiger charge is 2.35. The molecule has 0 unspecified atom stereocenters. The number of nitriles is 2. The molecule has 4 nitrogen and oxygen atoms in total. The lowest BCUT2D eigenvalue weighted by Crippen LogP contribution is -2.30. The number of hydrogen-bond acceptors (Lipinski definition) is 4. The van der Waals surface area contributed by atoms with Crippen LogP contribution in [-0.4, -0.2) is 24.3 Å². The third kappa shape index (κ3) is 2.60. The molecule has 1 heterocycles. The SMILES string of the molecule is CC1(C)CC(=C(C#N)C#N)C(C=O)=C(N2CCCC2)C1. The molecule has 20 heavy (non-hydrogen) atoms. The molecule has 0 amide bonds. The van der Waals surface area contributed by atoms with Crippen LogP contribution in [0.2, 0.25) is 0 Å². The van der Waals surface area contributed by atoms with Gasteiger partial charge in [0.1, 0.15) is 17.7 Å². The molecule has 0 aromatic heterocycles. The summed E-state index contributed by atoms with van der Waals surface area (Å²) in [6.07, 6.45) is 4.54. The maximum Gasteiger partial charge on any atom is 0.152 e. The lowest BCUT2D eigenvalue weighted by Gasteiger charge is -2.37. The fraction of sp³-hybridized carbons (Fsp3) is 0.562. The normalized spacial score (nSPS) is 21.4. The minimum Gasteiger partial charge on any atom is -0.374 e. The number of hydrogen-bond donors (Lipinski definition) is 0. The van der Waals surface area contributed by atoms with Gasteiger partial charge in [-0.25, -0.2) is 0 Å². The summed E-state index contributed by atoms with van der Waals surface area (Å²) in [5, 5.41) is 18.3. The highest BCUT2D eigenvalue weighted by atomic mass is 16.1. The highest BCUT2D eigenvalue weighted by Crippen LogP contribution is 2.44. The molecule has 104 valence electrons. The summed E-state index contributed by atoms with van der Waals surface area (Å²) in [5.41, 5.74) is 2.27. The van der Waals surface area contributed by atoms with Crippen molar-refractivity contribution in [3.63, 3.8) is 0 Å². The Balaban J connectivity index is 2.59. The Morgan fingerprint density at radius 3 is 2.30 bits per heavy atom. The van der Waals surface area contributed by atoms with Crippen molar-refractivity contribution in [2.75, 3.05) is 13.1 Å². The lowest BCUT2D eigenvalue weighted by molar-refractivity contribution is -0.105. The van der Waals surface area contributed by atoms with Gasteiger partial charge in [-0.1, -0.05) is 13.8 Å². The maximum absolute atomic E-state index is 11.5. The van der Waals surface area contributed by atoms with E-state index in [0.29, 0.717) is 17.6 Å². The minimum absolute atomic E-state index is 0.0291. The molecular formula is C16H19N3O. The van der Waals surface area contributed by atoms with E-state index < -0.39 is 0 Å². The van der Waals surface area contributed by atoms with Gasteiger partial charge in [-0.15, -0.1) is 0 Å². The van der Waals surface area contributed by atoms with E-state index >= 15 is 0 Å². The molecular weight excluding hydrogens is 250 g/mol. The summed E-state index contributed by atoms with van der Waals surface area (Å²) >= 11 is 0. The zero-order chi connectivity index (χ0) is 14.8. The number of carbonyl (C=O) groups is 1. The van der Waals surface area contributed by atoms with Gasteiger partial charge in [0.25, 0.3) is 0 Å². The summed E-state index contributed by atoms with van der Waals surface area (Å²) in [6.45, 7) is 6.17. The number of rotatable bonds is 2. The third-order valence-electron chi connectivity index (χ3n) is 4.07. The smallest absolute Gasteiger partial charge is 0.152 e. The number of nitrogens with zero attached hydrogens (tertiary/aromatic N) is 3. The van der Waals surface area contributed by atoms with E-state index in [9.17, 15) is 4.79 Å². The van der Waals surface area contributed by atoms with Crippen LogP contribution in [0.1, 0.15) is 39.5 Å². The second-order valence-corrected chi connectivity index (χ2v) is 6.27. The van der Waals surface area contributed by atoms with Crippen molar-refractivity contribution in [3.8, 4) is 12.1 Å². The predicted octanol–water partition coefficient (Wildman–Crippen LogP) is 2.70. The molecule has 2 aliphatic rings. The van der Waals surface area contributed by atoms with Crippen LogP contribution in [0.4, 0.5) is 0 Å². The van der Waals surface area contributed by atoms with Crippen molar-refractivity contribution in [1.29, 1.82) is 10.5 Å². The first-order valence-corrected chi connectivity index (χ1v) is 6.99. The van der Waals surface area contributed by atoms with Crippen LogP contribution in [0.5, 0.6) is 0 Å². The Morgan fingerprint density at radius 2 is 1.80 bits per heavy atom. The molecule has 0 radical (unpaired) electrons. The second-order valence-electron chi connectivity index (χ2n) is 6.27. The van der Waals surface area contributed by atoms with Crippen molar-refractivity contribution in [3.05, 3.63) is 22.4 Å². The van der Waals surface area contributed by atoms with E-state index in [4.69, 9.17) is 10.5 Å². The first-order valence-electron chi connectivity index (χ1n) is 6.99. The van der Waals surface area contributed by atoms with Gasteiger partial charge in [0, 0.05) is 24.4 Å². The molecule has 4 heteroatoms. The Bertz CT molecular complexity index is 548. The standard InChI is InChI=1S/C16H19N3O/c1-16(2)7-13(12(9-17)10-18)14(11-20)15(8-16)19-5-3-4-6-19/h11H,3-8H2,1-2H3. The van der Waals surface area contributed by atoms with Gasteiger partial charge >= 0.3 is 0 Å². The van der Waals surface area contributed by atoms with E-state index in [1.807, 2.05) is 12.1 Å². The zero-order valence-electron chi connectivity index (χ0n) is 12.1. The molecule has 0 bridgehead atoms. The van der Waals surface area contributed by atoms with Gasteiger partial charge in [0.15, 0.2) is 6.29 Å². The van der Waals surface area contributed by atoms with E-state index in [0.717, 1.165) is 44.3 Å². The molecule has 0 aromatic rings. The van der Waals surface area contributed by atoms with Gasteiger partial charge in [0.05, 0.1) is 0 Å². The quantitative estimate of drug-likeness (QED) is 0.571. The van der Waals surface area contributed by atoms with Gasteiger partial charge in [-0.2, -0.15) is 10.5 Å². The van der Waals surface area contributed by atoms with Crippen LogP contribution in [0.3, 0.4) is 0 Å². The Morgan fingerprint density at radius 1 is 1.20 bits per heavy atom. The molecule has 2 rings (SSSR count). The molecule has 0 saturated carbocycles. The van der Waals surface area contributed by atoms with Crippen molar-refractivity contribution in [2.45, 2.75) is 39.5 Å². The van der Waals surface area contributed by atoms with Crippen LogP contribution in [-0.2, 0) is 4.79 Å². The third-order valence-corrected chi connectivity index (χ3v) is 4.07. The molecule has 1 aliphatic heterocycles. The summed E-state index contributed by atoms with van der Waals surface area (Å²) < 4.78 is 0. The second kappa shape index (κ2) is 5.51. The van der Waals surface area contributed by atoms with Crippen molar-refractivity contribution in [2.24, 2.45) is 5.41 Å². The van der Waals surface area contributed by atoms with Crippen molar-refractivity contribution in [1.82, 2.24) is 4.90 Å². The first kappa shape index (κ1) is 14.3. The molecule has 1 saturated heterocycles. The van der Waals surface area contributed by atoms with Crippen molar-refractivity contribution < 1.29 is 4.79 Å². The minimum atomic E-state index is -0.0291. The monoisotopic (exact) mass is 269 g/mol. The van der Waals surface area contributed by atoms with E-state index in [1.165, 1.54) is 0 Å². The lowest BCUT2D eigenvalue weighted by atomic mass is 9.72. The highest BCUT2D eigenvalue weighted by molar-refractivity contribution is 5.83. The molecule has 0 N–H and O–H groups in total. The van der Waals surface area contributed by atoms with Crippen molar-refractivity contribution >= 4 is 6.29 Å². The Hall–Kier alpha value is -2.07. The molecule has 1 aliphatic carbocycles. The number of aldehydes is 1. The van der Waals surface area contributed by atoms with Gasteiger partial charge in [-0.05, 0) is 36.7 Å². The average Bonchev–Trinajstić information content (AvgIpc) is 2.92. The fourth-order valence-corrected chi connectivity index (χ4v) is 3.15. The van der Waals surface area contributed by atoms with Crippen LogP contribution in [0.15, 0.2) is 22.4 Å². The zero-order valence-corrected chi connectivity index (χ0v) is 12.1. The van der Waals surface area contributed by atoms with Gasteiger partial charge < -0.3 is 4.90 Å². The van der Waals surface area contributed by atoms with E-state index in [2.05, 4.69) is 18.7 Å². The summed E-state index contributed by atoms with van der Waals surface area (Å²) in [7, 11) is 0. The molecule has 0 atom stereocenters.